The lowest BCUT2D eigenvalue weighted by atomic mass is 9.85. The molecule has 0 aliphatic carbocycles. The van der Waals surface area contributed by atoms with Crippen LogP contribution in [0.3, 0.4) is 0 Å². The molecule has 2 aromatic rings. The third-order valence-electron chi connectivity index (χ3n) is 5.12. The van der Waals surface area contributed by atoms with Gasteiger partial charge in [-0.2, -0.15) is 0 Å². The van der Waals surface area contributed by atoms with E-state index in [1.165, 1.54) is 17.0 Å². The topological polar surface area (TPSA) is 69.7 Å². The molecule has 1 aliphatic rings. The second-order valence-electron chi connectivity index (χ2n) is 7.22. The maximum absolute atomic E-state index is 13.2. The van der Waals surface area contributed by atoms with Crippen molar-refractivity contribution in [2.75, 3.05) is 13.6 Å². The monoisotopic (exact) mass is 397 g/mol. The van der Waals surface area contributed by atoms with Gasteiger partial charge in [0.05, 0.1) is 0 Å². The van der Waals surface area contributed by atoms with E-state index in [4.69, 9.17) is 0 Å². The highest BCUT2D eigenvalue weighted by atomic mass is 19.1. The van der Waals surface area contributed by atoms with Crippen LogP contribution in [0.15, 0.2) is 54.6 Å². The summed E-state index contributed by atoms with van der Waals surface area (Å²) < 4.78 is 13.0. The average Bonchev–Trinajstić information content (AvgIpc) is 2.95. The number of hydrogen-bond acceptors (Lipinski definition) is 3. The second kappa shape index (κ2) is 8.43. The van der Waals surface area contributed by atoms with E-state index in [1.54, 1.807) is 31.3 Å². The molecule has 1 atom stereocenters. The zero-order chi connectivity index (χ0) is 21.0. The number of benzene rings is 2. The zero-order valence-electron chi connectivity index (χ0n) is 16.5. The van der Waals surface area contributed by atoms with Crippen LogP contribution in [0, 0.1) is 5.82 Å². The van der Waals surface area contributed by atoms with Gasteiger partial charge < -0.3 is 10.2 Å². The van der Waals surface area contributed by atoms with Gasteiger partial charge in [0.1, 0.15) is 17.9 Å². The van der Waals surface area contributed by atoms with Crippen molar-refractivity contribution >= 4 is 17.8 Å². The molecular formula is C22H24FN3O3. The van der Waals surface area contributed by atoms with E-state index in [-0.39, 0.29) is 24.8 Å². The molecule has 2 aromatic carbocycles. The number of halogens is 1. The molecule has 6 nitrogen and oxygen atoms in total. The fraction of sp³-hybridized carbons (Fsp3) is 0.318. The minimum absolute atomic E-state index is 0.252. The quantitative estimate of drug-likeness (QED) is 0.730. The number of carbonyl (C=O) groups is 3. The molecule has 0 spiro atoms. The van der Waals surface area contributed by atoms with Gasteiger partial charge >= 0.3 is 6.03 Å². The van der Waals surface area contributed by atoms with E-state index in [0.717, 1.165) is 10.5 Å². The lowest BCUT2D eigenvalue weighted by Gasteiger charge is -2.27. The van der Waals surface area contributed by atoms with Crippen molar-refractivity contribution in [1.82, 2.24) is 15.1 Å². The van der Waals surface area contributed by atoms with Gasteiger partial charge in [-0.1, -0.05) is 55.8 Å². The van der Waals surface area contributed by atoms with E-state index >= 15 is 0 Å². The fourth-order valence-corrected chi connectivity index (χ4v) is 3.58. The van der Waals surface area contributed by atoms with Crippen molar-refractivity contribution in [2.45, 2.75) is 31.8 Å². The van der Waals surface area contributed by atoms with Crippen molar-refractivity contribution in [2.24, 2.45) is 0 Å². The highest BCUT2D eigenvalue weighted by Gasteiger charge is 2.52. The Kier molecular flexibility index (Phi) is 5.96. The number of rotatable bonds is 7. The van der Waals surface area contributed by atoms with Crippen molar-refractivity contribution < 1.29 is 18.8 Å². The lowest BCUT2D eigenvalue weighted by molar-refractivity contribution is -0.139. The molecule has 3 rings (SSSR count). The molecule has 0 aromatic heterocycles. The fourth-order valence-electron chi connectivity index (χ4n) is 3.58. The number of carbonyl (C=O) groups excluding carboxylic acids is 3. The van der Waals surface area contributed by atoms with Crippen LogP contribution in [-0.2, 0) is 21.7 Å². The van der Waals surface area contributed by atoms with Crippen molar-refractivity contribution in [1.29, 1.82) is 0 Å². The maximum atomic E-state index is 13.2. The van der Waals surface area contributed by atoms with Crippen LogP contribution >= 0.6 is 0 Å². The Bertz CT molecular complexity index is 901. The summed E-state index contributed by atoms with van der Waals surface area (Å²) in [7, 11) is 1.58. The molecule has 0 bridgehead atoms. The first-order chi connectivity index (χ1) is 13.9. The van der Waals surface area contributed by atoms with Gasteiger partial charge in [0.2, 0.25) is 5.91 Å². The molecule has 0 saturated carbocycles. The molecule has 1 saturated heterocycles. The SMILES string of the molecule is CCCC1(c2ccccc2)NC(=O)N(CC(=O)N(C)Cc2ccc(F)cc2)C1=O. The number of nitrogens with one attached hydrogen (secondary N) is 1. The molecule has 1 fully saturated rings. The van der Waals surface area contributed by atoms with Gasteiger partial charge in [-0.25, -0.2) is 9.18 Å². The van der Waals surface area contributed by atoms with Crippen LogP contribution in [0.5, 0.6) is 0 Å². The Balaban J connectivity index is 1.75. The first-order valence-corrected chi connectivity index (χ1v) is 9.55. The van der Waals surface area contributed by atoms with Crippen LogP contribution < -0.4 is 5.32 Å². The third kappa shape index (κ3) is 4.13. The number of likely N-dealkylation sites (N-methyl/N-ethyl adjacent to an activating group) is 1. The van der Waals surface area contributed by atoms with Crippen LogP contribution in [0.25, 0.3) is 0 Å². The summed E-state index contributed by atoms with van der Waals surface area (Å²) in [5.41, 5.74) is 0.307. The van der Waals surface area contributed by atoms with Gasteiger partial charge in [-0.15, -0.1) is 0 Å². The Morgan fingerprint density at radius 2 is 1.76 bits per heavy atom. The van der Waals surface area contributed by atoms with E-state index in [1.807, 2.05) is 25.1 Å². The maximum Gasteiger partial charge on any atom is 0.325 e. The largest absolute Gasteiger partial charge is 0.340 e. The summed E-state index contributed by atoms with van der Waals surface area (Å²) in [5.74, 6) is -1.15. The van der Waals surface area contributed by atoms with Gasteiger partial charge in [-0.05, 0) is 29.7 Å². The molecule has 4 amide bonds. The normalized spacial score (nSPS) is 18.7. The van der Waals surface area contributed by atoms with E-state index in [2.05, 4.69) is 5.32 Å². The standard InChI is InChI=1S/C22H24FN3O3/c1-3-13-22(17-7-5-4-6-8-17)20(28)26(21(29)24-22)15-19(27)25(2)14-16-9-11-18(23)12-10-16/h4-12H,3,13-15H2,1-2H3,(H,24,29). The minimum atomic E-state index is -1.15. The van der Waals surface area contributed by atoms with Crippen LogP contribution in [-0.4, -0.2) is 41.2 Å². The van der Waals surface area contributed by atoms with Crippen LogP contribution in [0.4, 0.5) is 9.18 Å². The van der Waals surface area contributed by atoms with Crippen LogP contribution in [0.2, 0.25) is 0 Å². The van der Waals surface area contributed by atoms with Crippen molar-refractivity contribution in [3.05, 3.63) is 71.5 Å². The zero-order valence-corrected chi connectivity index (χ0v) is 16.5. The number of amides is 4. The first-order valence-electron chi connectivity index (χ1n) is 9.55. The van der Waals surface area contributed by atoms with E-state index in [0.29, 0.717) is 18.4 Å². The van der Waals surface area contributed by atoms with Gasteiger partial charge in [0.25, 0.3) is 5.91 Å². The summed E-state index contributed by atoms with van der Waals surface area (Å²) in [6.45, 7) is 1.84. The highest BCUT2D eigenvalue weighted by molar-refractivity contribution is 6.09. The highest BCUT2D eigenvalue weighted by Crippen LogP contribution is 2.33. The Labute approximate surface area is 169 Å². The Morgan fingerprint density at radius 3 is 2.38 bits per heavy atom. The van der Waals surface area contributed by atoms with E-state index in [9.17, 15) is 18.8 Å². The first kappa shape index (κ1) is 20.5. The van der Waals surface area contributed by atoms with Crippen molar-refractivity contribution in [3.63, 3.8) is 0 Å². The summed E-state index contributed by atoms with van der Waals surface area (Å²) in [4.78, 5) is 40.8. The Morgan fingerprint density at radius 1 is 1.10 bits per heavy atom. The number of hydrogen-bond donors (Lipinski definition) is 1. The molecule has 152 valence electrons. The predicted molar refractivity (Wildman–Crippen MR) is 106 cm³/mol. The third-order valence-corrected chi connectivity index (χ3v) is 5.12. The summed E-state index contributed by atoms with van der Waals surface area (Å²) in [5, 5.41) is 2.81. The Hall–Kier alpha value is -3.22. The summed E-state index contributed by atoms with van der Waals surface area (Å²) in [6.07, 6.45) is 1.13. The second-order valence-corrected chi connectivity index (χ2v) is 7.22. The molecule has 29 heavy (non-hydrogen) atoms. The van der Waals surface area contributed by atoms with Gasteiger partial charge in [0, 0.05) is 13.6 Å². The van der Waals surface area contributed by atoms with Crippen molar-refractivity contribution in [3.8, 4) is 0 Å². The van der Waals surface area contributed by atoms with Gasteiger partial charge in [0.15, 0.2) is 0 Å². The molecular weight excluding hydrogens is 373 g/mol. The number of imide groups is 1. The van der Waals surface area contributed by atoms with Gasteiger partial charge in [-0.3, -0.25) is 14.5 Å². The molecule has 7 heteroatoms. The molecule has 1 heterocycles. The van der Waals surface area contributed by atoms with E-state index < -0.39 is 17.5 Å². The summed E-state index contributed by atoms with van der Waals surface area (Å²) >= 11 is 0. The number of urea groups is 1. The minimum Gasteiger partial charge on any atom is -0.340 e. The number of nitrogens with zero attached hydrogens (tertiary/aromatic N) is 2. The predicted octanol–water partition coefficient (Wildman–Crippen LogP) is 3.03. The smallest absolute Gasteiger partial charge is 0.325 e. The molecule has 0 radical (unpaired) electrons. The molecule has 1 unspecified atom stereocenters. The van der Waals surface area contributed by atoms with Crippen LogP contribution in [0.1, 0.15) is 30.9 Å². The molecule has 1 N–H and O–H groups in total. The summed E-state index contributed by atoms with van der Waals surface area (Å²) in [6, 6.07) is 14.3. The average molecular weight is 397 g/mol. The molecule has 1 aliphatic heterocycles. The lowest BCUT2D eigenvalue weighted by Crippen LogP contribution is -2.45.